The van der Waals surface area contributed by atoms with E-state index in [1.54, 1.807) is 0 Å². The third-order valence-corrected chi connectivity index (χ3v) is 3.92. The molecule has 0 unspecified atom stereocenters. The van der Waals surface area contributed by atoms with Crippen molar-refractivity contribution in [1.29, 1.82) is 0 Å². The van der Waals surface area contributed by atoms with Crippen molar-refractivity contribution in [1.82, 2.24) is 0 Å². The first-order valence-electron chi connectivity index (χ1n) is 6.19. The third-order valence-electron chi connectivity index (χ3n) is 3.92. The van der Waals surface area contributed by atoms with Gasteiger partial charge < -0.3 is 5.11 Å². The molecule has 0 heterocycles. The van der Waals surface area contributed by atoms with Crippen LogP contribution in [0.5, 0.6) is 5.75 Å². The summed E-state index contributed by atoms with van der Waals surface area (Å²) < 4.78 is 0. The summed E-state index contributed by atoms with van der Waals surface area (Å²) >= 11 is 0. The molecule has 20 heavy (non-hydrogen) atoms. The smallest absolute Gasteiger partial charge is 0.322 e. The number of nitro benzene ring substituents is 2. The fourth-order valence-electron chi connectivity index (χ4n) is 3.47. The van der Waals surface area contributed by atoms with Crippen LogP contribution in [-0.4, -0.2) is 15.0 Å². The molecule has 0 aliphatic heterocycles. The standard InChI is InChI=1S/C13H16N2O5/c1-12(2)6-13(3,4)9-7(12)5-8(14(17)18)11(16)10(9)15(19)20/h5,16H,6H2,1-4H3. The van der Waals surface area contributed by atoms with E-state index in [1.807, 2.05) is 27.7 Å². The molecule has 2 rings (SSSR count). The van der Waals surface area contributed by atoms with Gasteiger partial charge in [-0.3, -0.25) is 20.2 Å². The zero-order valence-corrected chi connectivity index (χ0v) is 11.8. The summed E-state index contributed by atoms with van der Waals surface area (Å²) in [6.45, 7) is 7.48. The van der Waals surface area contributed by atoms with Gasteiger partial charge in [-0.1, -0.05) is 27.7 Å². The molecule has 108 valence electrons. The van der Waals surface area contributed by atoms with E-state index in [9.17, 15) is 25.3 Å². The number of hydrogen-bond acceptors (Lipinski definition) is 5. The fraction of sp³-hybridized carbons (Fsp3) is 0.538. The highest BCUT2D eigenvalue weighted by atomic mass is 16.6. The van der Waals surface area contributed by atoms with E-state index in [4.69, 9.17) is 0 Å². The molecule has 1 aromatic carbocycles. The predicted molar refractivity (Wildman–Crippen MR) is 72.1 cm³/mol. The molecule has 1 aromatic rings. The van der Waals surface area contributed by atoms with Crippen molar-refractivity contribution in [3.63, 3.8) is 0 Å². The lowest BCUT2D eigenvalue weighted by atomic mass is 9.81. The Bertz CT molecular complexity index is 634. The average molecular weight is 280 g/mol. The summed E-state index contributed by atoms with van der Waals surface area (Å²) in [6, 6.07) is 1.27. The van der Waals surface area contributed by atoms with Gasteiger partial charge in [-0.2, -0.15) is 0 Å². The number of aromatic hydroxyl groups is 1. The summed E-state index contributed by atoms with van der Waals surface area (Å²) in [5.74, 6) is -0.857. The van der Waals surface area contributed by atoms with Crippen LogP contribution >= 0.6 is 0 Å². The van der Waals surface area contributed by atoms with Gasteiger partial charge in [0.1, 0.15) is 0 Å². The summed E-state index contributed by atoms with van der Waals surface area (Å²) in [6.07, 6.45) is 0.622. The van der Waals surface area contributed by atoms with Gasteiger partial charge >= 0.3 is 11.4 Å². The van der Waals surface area contributed by atoms with E-state index in [0.29, 0.717) is 17.5 Å². The molecule has 0 spiro atoms. The minimum Gasteiger partial charge on any atom is -0.497 e. The molecule has 0 amide bonds. The normalized spacial score (nSPS) is 18.6. The summed E-state index contributed by atoms with van der Waals surface area (Å²) in [7, 11) is 0. The molecule has 0 radical (unpaired) electrons. The first-order chi connectivity index (χ1) is 8.99. The zero-order chi connectivity index (χ0) is 15.5. The Morgan fingerprint density at radius 2 is 1.65 bits per heavy atom. The van der Waals surface area contributed by atoms with Crippen LogP contribution in [0.1, 0.15) is 45.2 Å². The topological polar surface area (TPSA) is 107 Å². The average Bonchev–Trinajstić information content (AvgIpc) is 2.42. The van der Waals surface area contributed by atoms with Gasteiger partial charge in [-0.15, -0.1) is 0 Å². The quantitative estimate of drug-likeness (QED) is 0.661. The highest BCUT2D eigenvalue weighted by molar-refractivity contribution is 5.70. The molecule has 1 aliphatic rings. The van der Waals surface area contributed by atoms with Crippen molar-refractivity contribution < 1.29 is 15.0 Å². The van der Waals surface area contributed by atoms with Crippen LogP contribution in [-0.2, 0) is 10.8 Å². The van der Waals surface area contributed by atoms with E-state index in [1.165, 1.54) is 6.07 Å². The summed E-state index contributed by atoms with van der Waals surface area (Å²) in [5, 5.41) is 32.2. The van der Waals surface area contributed by atoms with E-state index < -0.39 is 37.8 Å². The number of hydrogen-bond donors (Lipinski definition) is 1. The molecule has 0 aromatic heterocycles. The van der Waals surface area contributed by atoms with Crippen molar-refractivity contribution in [3.05, 3.63) is 37.4 Å². The third kappa shape index (κ3) is 1.81. The monoisotopic (exact) mass is 280 g/mol. The molecule has 1 aliphatic carbocycles. The largest absolute Gasteiger partial charge is 0.497 e. The second kappa shape index (κ2) is 3.91. The fourth-order valence-corrected chi connectivity index (χ4v) is 3.47. The lowest BCUT2D eigenvalue weighted by Crippen LogP contribution is -2.18. The van der Waals surface area contributed by atoms with Gasteiger partial charge in [0.2, 0.25) is 0 Å². The molecule has 7 nitrogen and oxygen atoms in total. The lowest BCUT2D eigenvalue weighted by molar-refractivity contribution is -0.396. The molecule has 1 N–H and O–H groups in total. The summed E-state index contributed by atoms with van der Waals surface area (Å²) in [5.41, 5.74) is -1.11. The SMILES string of the molecule is CC1(C)CC(C)(C)c2c1cc([N+](=O)[O-])c(O)c2[N+](=O)[O-]. The van der Waals surface area contributed by atoms with Crippen molar-refractivity contribution in [2.24, 2.45) is 0 Å². The molecule has 0 atom stereocenters. The molecule has 0 bridgehead atoms. The molecule has 0 saturated carbocycles. The van der Waals surface area contributed by atoms with Crippen LogP contribution in [0.25, 0.3) is 0 Å². The molecule has 0 saturated heterocycles. The predicted octanol–water partition coefficient (Wildman–Crippen LogP) is 3.17. The Kier molecular flexibility index (Phi) is 2.78. The maximum atomic E-state index is 11.3. The first kappa shape index (κ1) is 14.2. The summed E-state index contributed by atoms with van der Waals surface area (Å²) in [4.78, 5) is 20.8. The van der Waals surface area contributed by atoms with Crippen LogP contribution in [0, 0.1) is 20.2 Å². The lowest BCUT2D eigenvalue weighted by Gasteiger charge is -2.22. The highest BCUT2D eigenvalue weighted by Gasteiger charge is 2.49. The van der Waals surface area contributed by atoms with Gasteiger partial charge in [0.05, 0.1) is 9.85 Å². The minimum atomic E-state index is -0.857. The Morgan fingerprint density at radius 1 is 1.10 bits per heavy atom. The van der Waals surface area contributed by atoms with Crippen molar-refractivity contribution in [3.8, 4) is 5.75 Å². The highest BCUT2D eigenvalue weighted by Crippen LogP contribution is 2.56. The maximum Gasteiger partial charge on any atom is 0.322 e. The minimum absolute atomic E-state index is 0.399. The van der Waals surface area contributed by atoms with Crippen LogP contribution in [0.15, 0.2) is 6.07 Å². The Hall–Kier alpha value is -2.18. The van der Waals surface area contributed by atoms with Gasteiger partial charge in [0.25, 0.3) is 5.75 Å². The number of nitro groups is 2. The Balaban J connectivity index is 2.95. The van der Waals surface area contributed by atoms with Gasteiger partial charge in [-0.05, 0) is 22.8 Å². The molecular formula is C13H16N2O5. The van der Waals surface area contributed by atoms with Crippen LogP contribution < -0.4 is 0 Å². The maximum absolute atomic E-state index is 11.3. The van der Waals surface area contributed by atoms with E-state index in [0.717, 1.165) is 0 Å². The number of phenolic OH excluding ortho intramolecular Hbond substituents is 1. The van der Waals surface area contributed by atoms with Gasteiger partial charge in [0.15, 0.2) is 0 Å². The van der Waals surface area contributed by atoms with Crippen molar-refractivity contribution >= 4 is 11.4 Å². The number of benzene rings is 1. The molecule has 0 fully saturated rings. The Morgan fingerprint density at radius 3 is 2.10 bits per heavy atom. The molecule has 7 heteroatoms. The van der Waals surface area contributed by atoms with E-state index >= 15 is 0 Å². The second-order valence-electron chi connectivity index (χ2n) is 6.47. The number of nitrogens with zero attached hydrogens (tertiary/aromatic N) is 2. The number of rotatable bonds is 2. The van der Waals surface area contributed by atoms with Crippen molar-refractivity contribution in [2.75, 3.05) is 0 Å². The number of fused-ring (bicyclic) bond motifs is 1. The van der Waals surface area contributed by atoms with Crippen LogP contribution in [0.3, 0.4) is 0 Å². The number of phenols is 1. The van der Waals surface area contributed by atoms with Gasteiger partial charge in [-0.25, -0.2) is 0 Å². The van der Waals surface area contributed by atoms with Gasteiger partial charge in [0, 0.05) is 11.6 Å². The second-order valence-corrected chi connectivity index (χ2v) is 6.47. The Labute approximate surface area is 115 Å². The molecular weight excluding hydrogens is 264 g/mol. The van der Waals surface area contributed by atoms with E-state index in [-0.39, 0.29) is 0 Å². The van der Waals surface area contributed by atoms with Crippen LogP contribution in [0.2, 0.25) is 0 Å². The van der Waals surface area contributed by atoms with Crippen LogP contribution in [0.4, 0.5) is 11.4 Å². The van der Waals surface area contributed by atoms with Crippen molar-refractivity contribution in [2.45, 2.75) is 44.9 Å². The van der Waals surface area contributed by atoms with E-state index in [2.05, 4.69) is 0 Å². The zero-order valence-electron chi connectivity index (χ0n) is 11.8. The first-order valence-corrected chi connectivity index (χ1v) is 6.19.